The van der Waals surface area contributed by atoms with Crippen LogP contribution in [0.4, 0.5) is 5.69 Å². The maximum atomic E-state index is 14.4. The fraction of sp³-hybridized carbons (Fsp3) is 0.394. The number of carbonyl (C=O) groups is 2. The van der Waals surface area contributed by atoms with Crippen LogP contribution in [0.1, 0.15) is 56.6 Å². The van der Waals surface area contributed by atoms with Gasteiger partial charge >= 0.3 is 0 Å². The van der Waals surface area contributed by atoms with E-state index in [1.165, 1.54) is 24.1 Å². The Labute approximate surface area is 270 Å². The van der Waals surface area contributed by atoms with Crippen LogP contribution in [0.5, 0.6) is 5.75 Å². The molecule has 11 heteroatoms. The molecule has 0 bridgehead atoms. The summed E-state index contributed by atoms with van der Waals surface area (Å²) in [6.07, 6.45) is 5.29. The number of sulfonamides is 1. The van der Waals surface area contributed by atoms with E-state index in [2.05, 4.69) is 5.32 Å². The number of carbonyl (C=O) groups excluding carboxylic acids is 2. The van der Waals surface area contributed by atoms with Gasteiger partial charge in [-0.3, -0.25) is 13.9 Å². The Hall–Kier alpha value is -3.27. The summed E-state index contributed by atoms with van der Waals surface area (Å²) in [6, 6.07) is 17.2. The molecule has 0 saturated heterocycles. The predicted octanol–water partition coefficient (Wildman–Crippen LogP) is 6.76. The van der Waals surface area contributed by atoms with Crippen LogP contribution in [0.25, 0.3) is 0 Å². The molecule has 3 aromatic rings. The van der Waals surface area contributed by atoms with E-state index >= 15 is 0 Å². The average Bonchev–Trinajstić information content (AvgIpc) is 3.01. The molecule has 1 fully saturated rings. The van der Waals surface area contributed by atoms with Gasteiger partial charge in [-0.25, -0.2) is 8.42 Å². The first kappa shape index (κ1) is 33.6. The number of halogens is 2. The van der Waals surface area contributed by atoms with Gasteiger partial charge in [0.25, 0.3) is 10.0 Å². The molecule has 4 rings (SSSR count). The second kappa shape index (κ2) is 15.1. The summed E-state index contributed by atoms with van der Waals surface area (Å²) < 4.78 is 34.8. The van der Waals surface area contributed by atoms with E-state index in [1.807, 2.05) is 13.8 Å². The second-order valence-electron chi connectivity index (χ2n) is 11.0. The van der Waals surface area contributed by atoms with Crippen molar-refractivity contribution in [1.82, 2.24) is 10.2 Å². The zero-order chi connectivity index (χ0) is 31.9. The fourth-order valence-corrected chi connectivity index (χ4v) is 7.38. The molecule has 0 spiro atoms. The van der Waals surface area contributed by atoms with Crippen molar-refractivity contribution < 1.29 is 22.7 Å². The Bertz CT molecular complexity index is 1560. The number of aryl methyl sites for hydroxylation is 1. The normalized spacial score (nSPS) is 14.5. The largest absolute Gasteiger partial charge is 0.495 e. The Morgan fingerprint density at radius 1 is 1.00 bits per heavy atom. The van der Waals surface area contributed by atoms with Crippen LogP contribution < -0.4 is 14.4 Å². The van der Waals surface area contributed by atoms with Crippen molar-refractivity contribution in [1.29, 1.82) is 0 Å². The van der Waals surface area contributed by atoms with Gasteiger partial charge in [-0.15, -0.1) is 0 Å². The van der Waals surface area contributed by atoms with Crippen LogP contribution in [0.2, 0.25) is 10.0 Å². The first-order valence-corrected chi connectivity index (χ1v) is 17.0. The SMILES string of the molecule is CCC(C(=O)NC1CCCCC1)N(Cc1ccc(Cl)cc1Cl)C(=O)CN(c1ccccc1OC)S(=O)(=O)c1ccc(C)cc1. The van der Waals surface area contributed by atoms with Crippen molar-refractivity contribution in [2.45, 2.75) is 75.9 Å². The number of methoxy groups -OCH3 is 1. The topological polar surface area (TPSA) is 96.0 Å². The number of nitrogens with zero attached hydrogens (tertiary/aromatic N) is 2. The number of hydrogen-bond donors (Lipinski definition) is 1. The van der Waals surface area contributed by atoms with Crippen LogP contribution in [0.15, 0.2) is 71.6 Å². The van der Waals surface area contributed by atoms with Crippen LogP contribution in [0.3, 0.4) is 0 Å². The van der Waals surface area contributed by atoms with E-state index in [9.17, 15) is 18.0 Å². The number of benzene rings is 3. The minimum absolute atomic E-state index is 0.0181. The molecular formula is C33H39Cl2N3O5S. The lowest BCUT2D eigenvalue weighted by Gasteiger charge is -2.35. The number of amides is 2. The number of hydrogen-bond acceptors (Lipinski definition) is 5. The van der Waals surface area contributed by atoms with Gasteiger partial charge in [0.1, 0.15) is 18.3 Å². The predicted molar refractivity (Wildman–Crippen MR) is 175 cm³/mol. The maximum absolute atomic E-state index is 14.4. The monoisotopic (exact) mass is 659 g/mol. The third kappa shape index (κ3) is 8.06. The zero-order valence-electron chi connectivity index (χ0n) is 25.3. The van der Waals surface area contributed by atoms with Gasteiger partial charge in [-0.2, -0.15) is 0 Å². The van der Waals surface area contributed by atoms with Gasteiger partial charge in [0, 0.05) is 22.6 Å². The molecule has 2 amide bonds. The molecule has 44 heavy (non-hydrogen) atoms. The standard InChI is InChI=1S/C33H39Cl2N3O5S/c1-4-29(33(40)36-26-10-6-5-7-11-26)37(21-24-16-17-25(34)20-28(24)35)32(39)22-38(30-12-8-9-13-31(30)43-3)44(41,42)27-18-14-23(2)15-19-27/h8-9,12-20,26,29H,4-7,10-11,21-22H2,1-3H3,(H,36,40). The number of rotatable bonds is 12. The molecule has 8 nitrogen and oxygen atoms in total. The average molecular weight is 661 g/mol. The lowest BCUT2D eigenvalue weighted by Crippen LogP contribution is -2.54. The molecule has 236 valence electrons. The van der Waals surface area contributed by atoms with Gasteiger partial charge in [-0.05, 0) is 68.1 Å². The van der Waals surface area contributed by atoms with Crippen LogP contribution in [-0.2, 0) is 26.2 Å². The summed E-state index contributed by atoms with van der Waals surface area (Å²) in [5.41, 5.74) is 1.68. The summed E-state index contributed by atoms with van der Waals surface area (Å²) >= 11 is 12.7. The highest BCUT2D eigenvalue weighted by atomic mass is 35.5. The first-order chi connectivity index (χ1) is 21.0. The molecule has 1 N–H and O–H groups in total. The lowest BCUT2D eigenvalue weighted by molar-refractivity contribution is -0.140. The molecule has 1 aliphatic carbocycles. The Balaban J connectivity index is 1.75. The Kier molecular flexibility index (Phi) is 11.6. The summed E-state index contributed by atoms with van der Waals surface area (Å²) in [5, 5.41) is 3.92. The molecule has 1 atom stereocenters. The molecule has 3 aromatic carbocycles. The highest BCUT2D eigenvalue weighted by Gasteiger charge is 2.35. The minimum atomic E-state index is -4.23. The molecule has 0 radical (unpaired) electrons. The van der Waals surface area contributed by atoms with E-state index < -0.39 is 28.5 Å². The van der Waals surface area contributed by atoms with Crippen molar-refractivity contribution in [2.75, 3.05) is 18.0 Å². The van der Waals surface area contributed by atoms with Crippen molar-refractivity contribution in [2.24, 2.45) is 0 Å². The van der Waals surface area contributed by atoms with Crippen molar-refractivity contribution in [3.05, 3.63) is 87.9 Å². The van der Waals surface area contributed by atoms with E-state index in [-0.39, 0.29) is 34.8 Å². The van der Waals surface area contributed by atoms with Gasteiger partial charge in [0.2, 0.25) is 11.8 Å². The Morgan fingerprint density at radius 3 is 2.32 bits per heavy atom. The lowest BCUT2D eigenvalue weighted by atomic mass is 9.95. The molecule has 1 saturated carbocycles. The van der Waals surface area contributed by atoms with Gasteiger partial charge in [-0.1, -0.05) is 85.3 Å². The summed E-state index contributed by atoms with van der Waals surface area (Å²) in [7, 11) is -2.79. The minimum Gasteiger partial charge on any atom is -0.495 e. The second-order valence-corrected chi connectivity index (χ2v) is 13.7. The number of nitrogens with one attached hydrogen (secondary N) is 1. The fourth-order valence-electron chi connectivity index (χ4n) is 5.48. The number of anilines is 1. The van der Waals surface area contributed by atoms with Crippen LogP contribution in [-0.4, -0.2) is 50.9 Å². The summed E-state index contributed by atoms with van der Waals surface area (Å²) in [5.74, 6) is -0.559. The molecule has 1 unspecified atom stereocenters. The van der Waals surface area contributed by atoms with E-state index in [4.69, 9.17) is 27.9 Å². The van der Waals surface area contributed by atoms with E-state index in [0.29, 0.717) is 22.0 Å². The molecule has 1 aliphatic rings. The number of ether oxygens (including phenoxy) is 1. The zero-order valence-corrected chi connectivity index (χ0v) is 27.6. The van der Waals surface area contributed by atoms with E-state index in [0.717, 1.165) is 42.0 Å². The third-order valence-electron chi connectivity index (χ3n) is 7.93. The smallest absolute Gasteiger partial charge is 0.264 e. The summed E-state index contributed by atoms with van der Waals surface area (Å²) in [4.78, 5) is 29.5. The number of para-hydroxylation sites is 2. The third-order valence-corrected chi connectivity index (χ3v) is 10.3. The van der Waals surface area contributed by atoms with Gasteiger partial charge in [0.15, 0.2) is 0 Å². The van der Waals surface area contributed by atoms with Crippen molar-refractivity contribution >= 4 is 50.7 Å². The summed E-state index contributed by atoms with van der Waals surface area (Å²) in [6.45, 7) is 3.10. The molecule has 0 aromatic heterocycles. The van der Waals surface area contributed by atoms with Gasteiger partial charge in [0.05, 0.1) is 17.7 Å². The van der Waals surface area contributed by atoms with Crippen LogP contribution >= 0.6 is 23.2 Å². The highest BCUT2D eigenvalue weighted by molar-refractivity contribution is 7.92. The quantitative estimate of drug-likeness (QED) is 0.232. The Morgan fingerprint density at radius 2 is 1.68 bits per heavy atom. The molecule has 0 heterocycles. The van der Waals surface area contributed by atoms with Crippen LogP contribution in [0, 0.1) is 6.92 Å². The molecular weight excluding hydrogens is 621 g/mol. The van der Waals surface area contributed by atoms with Gasteiger partial charge < -0.3 is 15.0 Å². The highest BCUT2D eigenvalue weighted by Crippen LogP contribution is 2.33. The molecule has 0 aliphatic heterocycles. The van der Waals surface area contributed by atoms with E-state index in [1.54, 1.807) is 54.6 Å². The van der Waals surface area contributed by atoms with Crippen molar-refractivity contribution in [3.63, 3.8) is 0 Å². The van der Waals surface area contributed by atoms with Crippen molar-refractivity contribution in [3.8, 4) is 5.75 Å². The maximum Gasteiger partial charge on any atom is 0.264 e. The first-order valence-electron chi connectivity index (χ1n) is 14.8.